The molecule has 0 aliphatic carbocycles. The summed E-state index contributed by atoms with van der Waals surface area (Å²) in [5.74, 6) is -0.0325. The maximum Gasteiger partial charge on any atom is 0.252 e. The second kappa shape index (κ2) is 9.57. The number of benzene rings is 3. The van der Waals surface area contributed by atoms with Crippen LogP contribution in [0.15, 0.2) is 84.9 Å². The van der Waals surface area contributed by atoms with Crippen LogP contribution in [-0.4, -0.2) is 10.9 Å². The van der Waals surface area contributed by atoms with E-state index >= 15 is 0 Å². The van der Waals surface area contributed by atoms with Crippen molar-refractivity contribution >= 4 is 16.8 Å². The molecular formula is C28H28N2O. The highest BCUT2D eigenvalue weighted by molar-refractivity contribution is 6.09. The van der Waals surface area contributed by atoms with E-state index in [4.69, 9.17) is 4.98 Å². The topological polar surface area (TPSA) is 42.0 Å². The Morgan fingerprint density at radius 2 is 1.52 bits per heavy atom. The second-order valence-electron chi connectivity index (χ2n) is 7.79. The third-order valence-corrected chi connectivity index (χ3v) is 5.68. The number of aromatic nitrogens is 1. The lowest BCUT2D eigenvalue weighted by Crippen LogP contribution is -2.29. The first-order valence-corrected chi connectivity index (χ1v) is 11.1. The third-order valence-electron chi connectivity index (χ3n) is 5.68. The highest BCUT2D eigenvalue weighted by atomic mass is 16.1. The summed E-state index contributed by atoms with van der Waals surface area (Å²) in [6, 6.07) is 28.3. The number of rotatable bonds is 7. The standard InChI is InChI=1S/C28H28N2O/c1-3-13-23-26(28(31)30-24(4-2)20-14-7-5-8-15-20)22-18-11-12-19-25(22)29-27(23)21-16-9-6-10-17-21/h5-12,14-19,24H,3-4,13H2,1-2H3,(H,30,31)/t24-/m1/s1. The number of para-hydroxylation sites is 1. The summed E-state index contributed by atoms with van der Waals surface area (Å²) in [5, 5.41) is 4.21. The van der Waals surface area contributed by atoms with Crippen molar-refractivity contribution in [2.45, 2.75) is 39.2 Å². The summed E-state index contributed by atoms with van der Waals surface area (Å²) in [6.45, 7) is 4.25. The van der Waals surface area contributed by atoms with Gasteiger partial charge in [-0.2, -0.15) is 0 Å². The van der Waals surface area contributed by atoms with Gasteiger partial charge in [-0.25, -0.2) is 4.98 Å². The monoisotopic (exact) mass is 408 g/mol. The Bertz CT molecular complexity index is 1170. The number of amides is 1. The Balaban J connectivity index is 1.87. The molecule has 3 nitrogen and oxygen atoms in total. The van der Waals surface area contributed by atoms with Gasteiger partial charge < -0.3 is 5.32 Å². The van der Waals surface area contributed by atoms with Gasteiger partial charge in [-0.3, -0.25) is 4.79 Å². The van der Waals surface area contributed by atoms with E-state index in [0.29, 0.717) is 0 Å². The van der Waals surface area contributed by atoms with E-state index in [1.807, 2.05) is 60.7 Å². The zero-order valence-electron chi connectivity index (χ0n) is 18.1. The van der Waals surface area contributed by atoms with Crippen LogP contribution in [0.1, 0.15) is 54.2 Å². The molecule has 1 aromatic heterocycles. The molecule has 0 aliphatic heterocycles. The minimum absolute atomic E-state index is 0.0321. The molecule has 31 heavy (non-hydrogen) atoms. The normalized spacial score (nSPS) is 11.9. The number of fused-ring (bicyclic) bond motifs is 1. The van der Waals surface area contributed by atoms with E-state index in [9.17, 15) is 4.79 Å². The molecule has 0 aliphatic rings. The van der Waals surface area contributed by atoms with Gasteiger partial charge in [-0.15, -0.1) is 0 Å². The lowest BCUT2D eigenvalue weighted by molar-refractivity contribution is 0.0936. The Morgan fingerprint density at radius 3 is 2.19 bits per heavy atom. The molecule has 1 amide bonds. The third kappa shape index (κ3) is 4.36. The first-order chi connectivity index (χ1) is 15.2. The van der Waals surface area contributed by atoms with Crippen molar-refractivity contribution < 1.29 is 4.79 Å². The van der Waals surface area contributed by atoms with Crippen molar-refractivity contribution in [1.82, 2.24) is 10.3 Å². The number of pyridine rings is 1. The molecule has 3 aromatic carbocycles. The summed E-state index contributed by atoms with van der Waals surface area (Å²) in [7, 11) is 0. The predicted molar refractivity (Wildman–Crippen MR) is 128 cm³/mol. The predicted octanol–water partition coefficient (Wildman–Crippen LogP) is 6.74. The summed E-state index contributed by atoms with van der Waals surface area (Å²) in [4.78, 5) is 18.7. The largest absolute Gasteiger partial charge is 0.345 e. The summed E-state index contributed by atoms with van der Waals surface area (Å²) >= 11 is 0. The lowest BCUT2D eigenvalue weighted by atomic mass is 9.93. The van der Waals surface area contributed by atoms with Gasteiger partial charge in [0.25, 0.3) is 5.91 Å². The zero-order chi connectivity index (χ0) is 21.6. The van der Waals surface area contributed by atoms with Crippen LogP contribution in [0, 0.1) is 0 Å². The minimum atomic E-state index is -0.0325. The van der Waals surface area contributed by atoms with E-state index in [-0.39, 0.29) is 11.9 Å². The molecule has 0 saturated heterocycles. The molecule has 1 N–H and O–H groups in total. The average molecular weight is 409 g/mol. The minimum Gasteiger partial charge on any atom is -0.345 e. The number of hydrogen-bond acceptors (Lipinski definition) is 2. The number of carbonyl (C=O) groups excluding carboxylic acids is 1. The van der Waals surface area contributed by atoms with E-state index in [2.05, 4.69) is 43.4 Å². The maximum atomic E-state index is 13.7. The van der Waals surface area contributed by atoms with Crippen LogP contribution < -0.4 is 5.32 Å². The van der Waals surface area contributed by atoms with Gasteiger partial charge in [-0.05, 0) is 30.0 Å². The molecule has 4 rings (SSSR count). The fourth-order valence-electron chi connectivity index (χ4n) is 4.18. The van der Waals surface area contributed by atoms with Gasteiger partial charge in [-0.1, -0.05) is 99.1 Å². The number of nitrogens with one attached hydrogen (secondary N) is 1. The quantitative estimate of drug-likeness (QED) is 0.368. The van der Waals surface area contributed by atoms with Gasteiger partial charge in [0.1, 0.15) is 0 Å². The highest BCUT2D eigenvalue weighted by Gasteiger charge is 2.23. The van der Waals surface area contributed by atoms with Crippen LogP contribution in [0.25, 0.3) is 22.2 Å². The van der Waals surface area contributed by atoms with Crippen molar-refractivity contribution in [2.24, 2.45) is 0 Å². The van der Waals surface area contributed by atoms with Gasteiger partial charge >= 0.3 is 0 Å². The van der Waals surface area contributed by atoms with Crippen LogP contribution in [0.3, 0.4) is 0 Å². The second-order valence-corrected chi connectivity index (χ2v) is 7.79. The van der Waals surface area contributed by atoms with Crippen molar-refractivity contribution in [3.05, 3.63) is 102 Å². The smallest absolute Gasteiger partial charge is 0.252 e. The first kappa shape index (κ1) is 20.8. The molecule has 0 fully saturated rings. The molecule has 1 heterocycles. The fraction of sp³-hybridized carbons (Fsp3) is 0.214. The summed E-state index contributed by atoms with van der Waals surface area (Å²) < 4.78 is 0. The SMILES string of the molecule is CCCc1c(-c2ccccc2)nc2ccccc2c1C(=O)N[C@H](CC)c1ccccc1. The Kier molecular flexibility index (Phi) is 6.42. The maximum absolute atomic E-state index is 13.7. The molecule has 1 atom stereocenters. The van der Waals surface area contributed by atoms with Crippen LogP contribution in [0.5, 0.6) is 0 Å². The molecular weight excluding hydrogens is 380 g/mol. The van der Waals surface area contributed by atoms with Gasteiger partial charge in [0.2, 0.25) is 0 Å². The van der Waals surface area contributed by atoms with Crippen molar-refractivity contribution in [3.63, 3.8) is 0 Å². The lowest BCUT2D eigenvalue weighted by Gasteiger charge is -2.21. The Morgan fingerprint density at radius 1 is 0.871 bits per heavy atom. The van der Waals surface area contributed by atoms with E-state index < -0.39 is 0 Å². The first-order valence-electron chi connectivity index (χ1n) is 11.1. The van der Waals surface area contributed by atoms with Crippen molar-refractivity contribution in [2.75, 3.05) is 0 Å². The molecule has 156 valence electrons. The molecule has 4 aromatic rings. The number of nitrogens with zero attached hydrogens (tertiary/aromatic N) is 1. The Labute approximate surface area is 184 Å². The number of carbonyl (C=O) groups is 1. The van der Waals surface area contributed by atoms with E-state index in [0.717, 1.165) is 58.1 Å². The fourth-order valence-corrected chi connectivity index (χ4v) is 4.18. The average Bonchev–Trinajstić information content (AvgIpc) is 2.83. The molecule has 0 unspecified atom stereocenters. The van der Waals surface area contributed by atoms with Crippen LogP contribution in [-0.2, 0) is 6.42 Å². The van der Waals surface area contributed by atoms with Crippen LogP contribution >= 0.6 is 0 Å². The zero-order valence-corrected chi connectivity index (χ0v) is 18.1. The van der Waals surface area contributed by atoms with Crippen LogP contribution in [0.4, 0.5) is 0 Å². The van der Waals surface area contributed by atoms with Gasteiger partial charge in [0.15, 0.2) is 0 Å². The van der Waals surface area contributed by atoms with E-state index in [1.165, 1.54) is 0 Å². The molecule has 3 heteroatoms. The molecule has 0 radical (unpaired) electrons. The number of hydrogen-bond donors (Lipinski definition) is 1. The van der Waals surface area contributed by atoms with Crippen LogP contribution in [0.2, 0.25) is 0 Å². The van der Waals surface area contributed by atoms with Gasteiger partial charge in [0, 0.05) is 10.9 Å². The summed E-state index contributed by atoms with van der Waals surface area (Å²) in [5.41, 5.74) is 5.68. The van der Waals surface area contributed by atoms with Crippen molar-refractivity contribution in [1.29, 1.82) is 0 Å². The van der Waals surface area contributed by atoms with E-state index in [1.54, 1.807) is 0 Å². The highest BCUT2D eigenvalue weighted by Crippen LogP contribution is 2.32. The van der Waals surface area contributed by atoms with Crippen molar-refractivity contribution in [3.8, 4) is 11.3 Å². The molecule has 0 saturated carbocycles. The van der Waals surface area contributed by atoms with Gasteiger partial charge in [0.05, 0.1) is 22.8 Å². The molecule has 0 spiro atoms. The Hall–Kier alpha value is -3.46. The molecule has 0 bridgehead atoms. The summed E-state index contributed by atoms with van der Waals surface area (Å²) in [6.07, 6.45) is 2.57.